The predicted molar refractivity (Wildman–Crippen MR) is 103 cm³/mol. The highest BCUT2D eigenvalue weighted by molar-refractivity contribution is 6.03. The van der Waals surface area contributed by atoms with E-state index in [1.54, 1.807) is 17.0 Å². The van der Waals surface area contributed by atoms with Crippen LogP contribution < -0.4 is 5.32 Å². The zero-order chi connectivity index (χ0) is 18.8. The molecule has 2 aromatic heterocycles. The van der Waals surface area contributed by atoms with E-state index in [4.69, 9.17) is 0 Å². The first kappa shape index (κ1) is 17.5. The van der Waals surface area contributed by atoms with Crippen LogP contribution in [0.25, 0.3) is 0 Å². The summed E-state index contributed by atoms with van der Waals surface area (Å²) in [5, 5.41) is 10.4. The maximum atomic E-state index is 12.5. The van der Waals surface area contributed by atoms with E-state index in [2.05, 4.69) is 38.5 Å². The maximum Gasteiger partial charge on any atom is 0.257 e. The van der Waals surface area contributed by atoms with Crippen molar-refractivity contribution in [3.8, 4) is 0 Å². The molecular formula is C20H24N6O. The highest BCUT2D eigenvalue weighted by Crippen LogP contribution is 2.39. The number of carbonyl (C=O) groups is 1. The minimum Gasteiger partial charge on any atom is -0.320 e. The summed E-state index contributed by atoms with van der Waals surface area (Å²) in [5.41, 5.74) is 4.03. The Hall–Kier alpha value is -2.93. The van der Waals surface area contributed by atoms with Crippen molar-refractivity contribution in [2.45, 2.75) is 31.8 Å². The van der Waals surface area contributed by atoms with Crippen LogP contribution in [0.15, 0.2) is 42.7 Å². The molecule has 0 radical (unpaired) electrons. The van der Waals surface area contributed by atoms with Gasteiger partial charge in [-0.2, -0.15) is 5.10 Å². The van der Waals surface area contributed by atoms with Crippen LogP contribution in [0.3, 0.4) is 0 Å². The van der Waals surface area contributed by atoms with Gasteiger partial charge in [0.1, 0.15) is 0 Å². The minimum absolute atomic E-state index is 0.156. The van der Waals surface area contributed by atoms with Crippen LogP contribution in [0, 0.1) is 0 Å². The van der Waals surface area contributed by atoms with Crippen LogP contribution in [-0.2, 0) is 20.1 Å². The zero-order valence-electron chi connectivity index (χ0n) is 15.6. The van der Waals surface area contributed by atoms with E-state index >= 15 is 0 Å². The van der Waals surface area contributed by atoms with Crippen LogP contribution in [0.1, 0.15) is 46.1 Å². The number of anilines is 1. The third kappa shape index (κ3) is 4.25. The van der Waals surface area contributed by atoms with Gasteiger partial charge in [-0.3, -0.25) is 20.1 Å². The molecule has 2 N–H and O–H groups in total. The molecule has 0 saturated heterocycles. The minimum atomic E-state index is -0.156. The number of carbonyl (C=O) groups excluding carboxylic acids is 1. The van der Waals surface area contributed by atoms with Crippen LogP contribution in [0.2, 0.25) is 0 Å². The van der Waals surface area contributed by atoms with Crippen molar-refractivity contribution in [2.75, 3.05) is 12.4 Å². The van der Waals surface area contributed by atoms with Gasteiger partial charge in [0.15, 0.2) is 0 Å². The highest BCUT2D eigenvalue weighted by Gasteiger charge is 2.26. The van der Waals surface area contributed by atoms with E-state index in [9.17, 15) is 4.79 Å². The Balaban J connectivity index is 1.37. The van der Waals surface area contributed by atoms with Gasteiger partial charge in [0.2, 0.25) is 5.95 Å². The van der Waals surface area contributed by atoms with Gasteiger partial charge in [0, 0.05) is 49.7 Å². The summed E-state index contributed by atoms with van der Waals surface area (Å²) >= 11 is 0. The van der Waals surface area contributed by atoms with Crippen LogP contribution in [-0.4, -0.2) is 37.6 Å². The molecule has 2 heterocycles. The van der Waals surface area contributed by atoms with Gasteiger partial charge in [0.25, 0.3) is 5.91 Å². The number of aromatic amines is 1. The number of rotatable bonds is 7. The fourth-order valence-corrected chi connectivity index (χ4v) is 3.18. The van der Waals surface area contributed by atoms with Gasteiger partial charge in [-0.1, -0.05) is 12.1 Å². The van der Waals surface area contributed by atoms with Gasteiger partial charge in [-0.05, 0) is 43.7 Å². The summed E-state index contributed by atoms with van der Waals surface area (Å²) in [4.78, 5) is 18.8. The van der Waals surface area contributed by atoms with E-state index in [0.717, 1.165) is 24.3 Å². The number of imidazole rings is 1. The largest absolute Gasteiger partial charge is 0.320 e. The number of hydrogen-bond donors (Lipinski definition) is 2. The van der Waals surface area contributed by atoms with Crippen LogP contribution >= 0.6 is 0 Å². The molecule has 1 aliphatic rings. The molecule has 4 rings (SSSR count). The summed E-state index contributed by atoms with van der Waals surface area (Å²) in [7, 11) is 3.91. The van der Waals surface area contributed by atoms with Gasteiger partial charge in [0.05, 0.1) is 5.69 Å². The van der Waals surface area contributed by atoms with E-state index in [1.165, 1.54) is 18.5 Å². The van der Waals surface area contributed by atoms with Crippen LogP contribution in [0.5, 0.6) is 0 Å². The average molecular weight is 364 g/mol. The quantitative estimate of drug-likeness (QED) is 0.676. The van der Waals surface area contributed by atoms with Crippen molar-refractivity contribution in [2.24, 2.45) is 7.05 Å². The van der Waals surface area contributed by atoms with Crippen LogP contribution in [0.4, 0.5) is 5.95 Å². The highest BCUT2D eigenvalue weighted by atomic mass is 16.1. The Labute approximate surface area is 158 Å². The molecule has 140 valence electrons. The monoisotopic (exact) mass is 364 g/mol. The smallest absolute Gasteiger partial charge is 0.257 e. The first-order valence-electron chi connectivity index (χ1n) is 9.19. The van der Waals surface area contributed by atoms with Crippen molar-refractivity contribution >= 4 is 11.9 Å². The van der Waals surface area contributed by atoms with Crippen molar-refractivity contribution in [1.82, 2.24) is 24.6 Å². The Morgan fingerprint density at radius 2 is 2.19 bits per heavy atom. The fraction of sp³-hybridized carbons (Fsp3) is 0.350. The number of hydrogen-bond acceptors (Lipinski definition) is 4. The molecule has 0 atom stereocenters. The molecule has 1 saturated carbocycles. The summed E-state index contributed by atoms with van der Waals surface area (Å²) in [5.74, 6) is 1.04. The normalized spacial score (nSPS) is 13.9. The molecule has 1 aliphatic carbocycles. The topological polar surface area (TPSA) is 78.8 Å². The van der Waals surface area contributed by atoms with Crippen molar-refractivity contribution < 1.29 is 4.79 Å². The molecule has 0 unspecified atom stereocenters. The first-order valence-corrected chi connectivity index (χ1v) is 9.19. The lowest BCUT2D eigenvalue weighted by Gasteiger charge is -2.16. The molecule has 3 aromatic rings. The standard InChI is InChI=1S/C20H24N6O/c1-25(13-17-11-18(24-23-17)15-6-7-15)12-14-4-3-5-16(10-14)19(27)22-20-21-8-9-26(20)2/h3-5,8-11,15H,6-7,12-13H2,1-2H3,(H,23,24)(H,21,22,27). The molecular weight excluding hydrogens is 340 g/mol. The summed E-state index contributed by atoms with van der Waals surface area (Å²) < 4.78 is 1.77. The summed E-state index contributed by atoms with van der Waals surface area (Å²) in [6, 6.07) is 9.87. The molecule has 7 nitrogen and oxygen atoms in total. The number of aromatic nitrogens is 4. The molecule has 1 aromatic carbocycles. The maximum absolute atomic E-state index is 12.5. The molecule has 0 aliphatic heterocycles. The molecule has 7 heteroatoms. The second-order valence-corrected chi connectivity index (χ2v) is 7.28. The number of aryl methyl sites for hydroxylation is 1. The number of nitrogens with one attached hydrogen (secondary N) is 2. The van der Waals surface area contributed by atoms with Crippen molar-refractivity contribution in [1.29, 1.82) is 0 Å². The molecule has 27 heavy (non-hydrogen) atoms. The van der Waals surface area contributed by atoms with Crippen molar-refractivity contribution in [3.63, 3.8) is 0 Å². The second-order valence-electron chi connectivity index (χ2n) is 7.28. The lowest BCUT2D eigenvalue weighted by molar-refractivity contribution is 0.102. The number of H-pyrrole nitrogens is 1. The third-order valence-electron chi connectivity index (χ3n) is 4.77. The lowest BCUT2D eigenvalue weighted by atomic mass is 10.1. The number of amides is 1. The van der Waals surface area contributed by atoms with Gasteiger partial charge in [-0.15, -0.1) is 0 Å². The van der Waals surface area contributed by atoms with Gasteiger partial charge in [-0.25, -0.2) is 4.98 Å². The SMILES string of the molecule is CN(Cc1cccc(C(=O)Nc2nccn2C)c1)Cc1cc(C2CC2)n[nH]1. The summed E-state index contributed by atoms with van der Waals surface area (Å²) in [6.45, 7) is 1.55. The zero-order valence-corrected chi connectivity index (χ0v) is 15.6. The molecule has 0 bridgehead atoms. The second kappa shape index (κ2) is 7.36. The Morgan fingerprint density at radius 1 is 1.33 bits per heavy atom. The van der Waals surface area contributed by atoms with E-state index < -0.39 is 0 Å². The number of nitrogens with zero attached hydrogens (tertiary/aromatic N) is 4. The predicted octanol–water partition coefficient (Wildman–Crippen LogP) is 2.90. The lowest BCUT2D eigenvalue weighted by Crippen LogP contribution is -2.19. The van der Waals surface area contributed by atoms with E-state index in [0.29, 0.717) is 17.4 Å². The Morgan fingerprint density at radius 3 is 2.93 bits per heavy atom. The average Bonchev–Trinajstić information content (AvgIpc) is 3.27. The Bertz CT molecular complexity index is 939. The molecule has 0 spiro atoms. The van der Waals surface area contributed by atoms with E-state index in [-0.39, 0.29) is 5.91 Å². The fourth-order valence-electron chi connectivity index (χ4n) is 3.18. The Kier molecular flexibility index (Phi) is 4.77. The third-order valence-corrected chi connectivity index (χ3v) is 4.77. The van der Waals surface area contributed by atoms with Gasteiger partial charge >= 0.3 is 0 Å². The summed E-state index contributed by atoms with van der Waals surface area (Å²) in [6.07, 6.45) is 5.97. The molecule has 1 amide bonds. The van der Waals surface area contributed by atoms with E-state index in [1.807, 2.05) is 31.3 Å². The first-order chi connectivity index (χ1) is 13.1. The van der Waals surface area contributed by atoms with Gasteiger partial charge < -0.3 is 4.57 Å². The van der Waals surface area contributed by atoms with Crippen molar-refractivity contribution in [3.05, 3.63) is 65.2 Å². The molecule has 1 fully saturated rings. The number of benzene rings is 1.